The molecule has 0 amide bonds. The van der Waals surface area contributed by atoms with Crippen LogP contribution in [-0.2, 0) is 6.42 Å². The van der Waals surface area contributed by atoms with Crippen LogP contribution in [0.4, 0.5) is 0 Å². The summed E-state index contributed by atoms with van der Waals surface area (Å²) >= 11 is 11.7. The number of hydrogen-bond acceptors (Lipinski definition) is 1. The molecule has 0 aliphatic rings. The zero-order valence-electron chi connectivity index (χ0n) is 8.84. The summed E-state index contributed by atoms with van der Waals surface area (Å²) in [5.74, 6) is 0. The van der Waals surface area contributed by atoms with Crippen molar-refractivity contribution in [3.8, 4) is 0 Å². The van der Waals surface area contributed by atoms with Crippen molar-refractivity contribution in [1.29, 1.82) is 0 Å². The maximum absolute atomic E-state index is 9.58. The Hall–Kier alpha value is -0.240. The molecule has 1 aromatic rings. The van der Waals surface area contributed by atoms with Crippen LogP contribution in [-0.4, -0.2) is 11.2 Å². The number of rotatable bonds is 5. The first-order valence-electron chi connectivity index (χ1n) is 5.25. The Kier molecular flexibility index (Phi) is 5.44. The zero-order chi connectivity index (χ0) is 11.3. The van der Waals surface area contributed by atoms with E-state index in [-0.39, 0.29) is 6.10 Å². The van der Waals surface area contributed by atoms with Crippen LogP contribution in [0.5, 0.6) is 0 Å². The van der Waals surface area contributed by atoms with Crippen molar-refractivity contribution in [3.63, 3.8) is 0 Å². The molecule has 0 aliphatic heterocycles. The van der Waals surface area contributed by atoms with Crippen LogP contribution in [0.2, 0.25) is 10.0 Å². The monoisotopic (exact) mass is 246 g/mol. The summed E-state index contributed by atoms with van der Waals surface area (Å²) in [5, 5.41) is 10.7. The summed E-state index contributed by atoms with van der Waals surface area (Å²) < 4.78 is 0. The molecule has 0 aromatic heterocycles. The number of aryl methyl sites for hydroxylation is 1. The van der Waals surface area contributed by atoms with Crippen molar-refractivity contribution in [2.75, 3.05) is 0 Å². The predicted octanol–water partition coefficient (Wildman–Crippen LogP) is 4.09. The second-order valence-electron chi connectivity index (χ2n) is 3.73. The molecule has 1 N–H and O–H groups in total. The molecule has 3 heteroatoms. The first kappa shape index (κ1) is 12.8. The van der Waals surface area contributed by atoms with Crippen molar-refractivity contribution in [2.45, 2.75) is 38.7 Å². The minimum Gasteiger partial charge on any atom is -0.393 e. The Morgan fingerprint density at radius 2 is 1.93 bits per heavy atom. The highest BCUT2D eigenvalue weighted by Gasteiger charge is 2.04. The van der Waals surface area contributed by atoms with Gasteiger partial charge in [0, 0.05) is 0 Å². The van der Waals surface area contributed by atoms with Crippen molar-refractivity contribution >= 4 is 23.2 Å². The lowest BCUT2D eigenvalue weighted by Crippen LogP contribution is -2.06. The van der Waals surface area contributed by atoms with Crippen LogP contribution < -0.4 is 0 Å². The second-order valence-corrected chi connectivity index (χ2v) is 4.54. The molecule has 1 nitrogen and oxygen atoms in total. The summed E-state index contributed by atoms with van der Waals surface area (Å²) in [5.41, 5.74) is 1.12. The highest BCUT2D eigenvalue weighted by atomic mass is 35.5. The van der Waals surface area contributed by atoms with Gasteiger partial charge in [-0.3, -0.25) is 0 Å². The van der Waals surface area contributed by atoms with Gasteiger partial charge in [0.15, 0.2) is 0 Å². The van der Waals surface area contributed by atoms with Gasteiger partial charge in [-0.1, -0.05) is 42.6 Å². The third-order valence-corrected chi connectivity index (χ3v) is 3.11. The zero-order valence-corrected chi connectivity index (χ0v) is 10.4. The Morgan fingerprint density at radius 3 is 2.53 bits per heavy atom. The number of benzene rings is 1. The van der Waals surface area contributed by atoms with E-state index in [2.05, 4.69) is 6.92 Å². The summed E-state index contributed by atoms with van der Waals surface area (Å²) in [4.78, 5) is 0. The number of aliphatic hydroxyl groups excluding tert-OH is 1. The van der Waals surface area contributed by atoms with Gasteiger partial charge < -0.3 is 5.11 Å². The summed E-state index contributed by atoms with van der Waals surface area (Å²) in [7, 11) is 0. The van der Waals surface area contributed by atoms with Crippen LogP contribution in [0.15, 0.2) is 18.2 Å². The average Bonchev–Trinajstić information content (AvgIpc) is 2.20. The molecular formula is C12H16Cl2O. The topological polar surface area (TPSA) is 20.2 Å². The average molecular weight is 247 g/mol. The highest BCUT2D eigenvalue weighted by Crippen LogP contribution is 2.23. The lowest BCUT2D eigenvalue weighted by Gasteiger charge is -2.09. The van der Waals surface area contributed by atoms with Crippen LogP contribution in [0.1, 0.15) is 31.7 Å². The van der Waals surface area contributed by atoms with Gasteiger partial charge in [-0.05, 0) is 37.0 Å². The number of halogens is 2. The van der Waals surface area contributed by atoms with E-state index in [4.69, 9.17) is 23.2 Å². The lowest BCUT2D eigenvalue weighted by atomic mass is 10.0. The third kappa shape index (κ3) is 4.42. The first-order chi connectivity index (χ1) is 7.13. The van der Waals surface area contributed by atoms with E-state index < -0.39 is 0 Å². The van der Waals surface area contributed by atoms with E-state index in [0.29, 0.717) is 10.0 Å². The number of hydrogen-bond donors (Lipinski definition) is 1. The van der Waals surface area contributed by atoms with Crippen molar-refractivity contribution < 1.29 is 5.11 Å². The molecule has 15 heavy (non-hydrogen) atoms. The quantitative estimate of drug-likeness (QED) is 0.830. The van der Waals surface area contributed by atoms with Gasteiger partial charge in [0.25, 0.3) is 0 Å². The maximum Gasteiger partial charge on any atom is 0.0595 e. The normalized spacial score (nSPS) is 12.8. The summed E-state index contributed by atoms with van der Waals surface area (Å²) in [6, 6.07) is 5.61. The summed E-state index contributed by atoms with van der Waals surface area (Å²) in [6.07, 6.45) is 3.30. The molecule has 0 saturated heterocycles. The molecule has 1 rings (SSSR count). The number of aliphatic hydroxyl groups is 1. The van der Waals surface area contributed by atoms with E-state index in [1.165, 1.54) is 0 Å². The van der Waals surface area contributed by atoms with Gasteiger partial charge in [0.05, 0.1) is 16.1 Å². The van der Waals surface area contributed by atoms with E-state index in [1.54, 1.807) is 6.07 Å². The van der Waals surface area contributed by atoms with Gasteiger partial charge >= 0.3 is 0 Å². The molecule has 0 bridgehead atoms. The van der Waals surface area contributed by atoms with Crippen molar-refractivity contribution in [2.24, 2.45) is 0 Å². The Bertz CT molecular complexity index is 312. The summed E-state index contributed by atoms with van der Waals surface area (Å²) in [6.45, 7) is 2.07. The largest absolute Gasteiger partial charge is 0.393 e. The molecule has 0 fully saturated rings. The van der Waals surface area contributed by atoms with Crippen LogP contribution in [0.3, 0.4) is 0 Å². The van der Waals surface area contributed by atoms with Crippen LogP contribution in [0, 0.1) is 0 Å². The van der Waals surface area contributed by atoms with E-state index in [1.807, 2.05) is 12.1 Å². The van der Waals surface area contributed by atoms with Gasteiger partial charge in [0.1, 0.15) is 0 Å². The molecule has 0 heterocycles. The van der Waals surface area contributed by atoms with Gasteiger partial charge in [-0.15, -0.1) is 0 Å². The van der Waals surface area contributed by atoms with E-state index in [9.17, 15) is 5.11 Å². The van der Waals surface area contributed by atoms with E-state index >= 15 is 0 Å². The van der Waals surface area contributed by atoms with Crippen molar-refractivity contribution in [3.05, 3.63) is 33.8 Å². The third-order valence-electron chi connectivity index (χ3n) is 2.37. The lowest BCUT2D eigenvalue weighted by molar-refractivity contribution is 0.154. The second kappa shape index (κ2) is 6.37. The molecule has 0 saturated carbocycles. The fourth-order valence-corrected chi connectivity index (χ4v) is 1.83. The molecule has 0 spiro atoms. The Labute approximate surface area is 101 Å². The molecular weight excluding hydrogens is 231 g/mol. The standard InChI is InChI=1S/C12H16Cl2O/c1-2-3-10(15)6-4-9-5-7-11(13)12(14)8-9/h5,7-8,10,15H,2-4,6H2,1H3. The molecule has 0 radical (unpaired) electrons. The minimum absolute atomic E-state index is 0.204. The predicted molar refractivity (Wildman–Crippen MR) is 65.7 cm³/mol. The molecule has 1 atom stereocenters. The molecule has 84 valence electrons. The Morgan fingerprint density at radius 1 is 1.20 bits per heavy atom. The van der Waals surface area contributed by atoms with Crippen LogP contribution in [0.25, 0.3) is 0 Å². The van der Waals surface area contributed by atoms with Crippen molar-refractivity contribution in [1.82, 2.24) is 0 Å². The molecule has 0 aliphatic carbocycles. The Balaban J connectivity index is 2.47. The molecule has 1 aromatic carbocycles. The van der Waals surface area contributed by atoms with Gasteiger partial charge in [0.2, 0.25) is 0 Å². The fourth-order valence-electron chi connectivity index (χ4n) is 1.51. The smallest absolute Gasteiger partial charge is 0.0595 e. The van der Waals surface area contributed by atoms with Gasteiger partial charge in [-0.25, -0.2) is 0 Å². The maximum atomic E-state index is 9.58. The highest BCUT2D eigenvalue weighted by molar-refractivity contribution is 6.42. The van der Waals surface area contributed by atoms with Crippen LogP contribution >= 0.6 is 23.2 Å². The van der Waals surface area contributed by atoms with E-state index in [0.717, 1.165) is 31.2 Å². The molecule has 1 unspecified atom stereocenters. The first-order valence-corrected chi connectivity index (χ1v) is 6.01. The minimum atomic E-state index is -0.204. The fraction of sp³-hybridized carbons (Fsp3) is 0.500. The van der Waals surface area contributed by atoms with Gasteiger partial charge in [-0.2, -0.15) is 0 Å². The SMILES string of the molecule is CCCC(O)CCc1ccc(Cl)c(Cl)c1.